The third-order valence-corrected chi connectivity index (χ3v) is 10.7. The average Bonchev–Trinajstić information content (AvgIpc) is 3.49. The van der Waals surface area contributed by atoms with Crippen LogP contribution in [0.15, 0.2) is 30.5 Å². The number of likely N-dealkylation sites (tertiary alicyclic amines) is 1. The van der Waals surface area contributed by atoms with E-state index in [1.165, 1.54) is 62.7 Å². The molecule has 6 aliphatic rings. The van der Waals surface area contributed by atoms with Crippen molar-refractivity contribution in [3.8, 4) is 5.75 Å². The fraction of sp³-hybridized carbons (Fsp3) is 0.630. The lowest BCUT2D eigenvalue weighted by atomic mass is 9.43. The number of hydrogen-bond donors (Lipinski definition) is 2. The molecule has 0 spiro atoms. The Hall–Kier alpha value is -2.34. The van der Waals surface area contributed by atoms with E-state index >= 15 is 0 Å². The smallest absolute Gasteiger partial charge is 0.227 e. The Morgan fingerprint density at radius 1 is 1.15 bits per heavy atom. The summed E-state index contributed by atoms with van der Waals surface area (Å²) in [5, 5.41) is 10.6. The summed E-state index contributed by atoms with van der Waals surface area (Å²) in [6, 6.07) is 9.22. The minimum atomic E-state index is 0.173. The van der Waals surface area contributed by atoms with E-state index in [2.05, 4.69) is 31.9 Å². The normalized spacial score (nSPS) is 40.5. The summed E-state index contributed by atoms with van der Waals surface area (Å²) in [5.74, 6) is 4.02. The number of phenolic OH excluding ortho intramolecular Hbond substituents is 1. The number of nitrogens with zero attached hydrogens (tertiary/aromatic N) is 4. The van der Waals surface area contributed by atoms with Gasteiger partial charge in [0, 0.05) is 36.8 Å². The SMILES string of the molecule is Nc1ccnc(N2C[C@H]3C[C@@]45CCC2C3[C@@]42CCN(CC3CC3)[C@@H]5Cc3ccc(O)cc32)n1. The Labute approximate surface area is 195 Å². The average molecular weight is 444 g/mol. The van der Waals surface area contributed by atoms with Crippen LogP contribution in [0.4, 0.5) is 11.8 Å². The second kappa shape index (κ2) is 6.21. The minimum absolute atomic E-state index is 0.173. The molecule has 2 aliphatic heterocycles. The Kier molecular flexibility index (Phi) is 3.58. The van der Waals surface area contributed by atoms with Crippen molar-refractivity contribution in [1.29, 1.82) is 0 Å². The number of phenols is 1. The van der Waals surface area contributed by atoms with Gasteiger partial charge in [-0.15, -0.1) is 0 Å². The molecule has 0 radical (unpaired) electrons. The van der Waals surface area contributed by atoms with Crippen LogP contribution >= 0.6 is 0 Å². The first-order chi connectivity index (χ1) is 16.1. The topological polar surface area (TPSA) is 78.5 Å². The highest BCUT2D eigenvalue weighted by molar-refractivity contribution is 5.53. The van der Waals surface area contributed by atoms with Gasteiger partial charge in [0.2, 0.25) is 5.95 Å². The highest BCUT2D eigenvalue weighted by Gasteiger charge is 2.76. The summed E-state index contributed by atoms with van der Waals surface area (Å²) < 4.78 is 0. The van der Waals surface area contributed by atoms with Crippen LogP contribution < -0.4 is 10.6 Å². The molecule has 2 aromatic rings. The third-order valence-electron chi connectivity index (χ3n) is 10.7. The molecule has 8 rings (SSSR count). The van der Waals surface area contributed by atoms with Gasteiger partial charge in [0.1, 0.15) is 11.6 Å². The Bertz CT molecular complexity index is 1150. The summed E-state index contributed by atoms with van der Waals surface area (Å²) in [6.45, 7) is 3.56. The van der Waals surface area contributed by atoms with E-state index in [0.29, 0.717) is 40.9 Å². The number of aromatic hydroxyl groups is 1. The van der Waals surface area contributed by atoms with Gasteiger partial charge in [-0.2, -0.15) is 4.98 Å². The third kappa shape index (κ3) is 2.28. The number of benzene rings is 1. The van der Waals surface area contributed by atoms with Crippen molar-refractivity contribution in [2.75, 3.05) is 30.3 Å². The van der Waals surface area contributed by atoms with E-state index in [9.17, 15) is 5.11 Å². The van der Waals surface area contributed by atoms with E-state index in [0.717, 1.165) is 24.8 Å². The largest absolute Gasteiger partial charge is 0.508 e. The molecule has 1 aromatic heterocycles. The van der Waals surface area contributed by atoms with Crippen LogP contribution in [0.3, 0.4) is 0 Å². The molecule has 2 saturated heterocycles. The Morgan fingerprint density at radius 2 is 2.06 bits per heavy atom. The van der Waals surface area contributed by atoms with Gasteiger partial charge in [0.05, 0.1) is 0 Å². The lowest BCUT2D eigenvalue weighted by Crippen LogP contribution is -2.69. The first-order valence-corrected chi connectivity index (χ1v) is 13.0. The van der Waals surface area contributed by atoms with Crippen molar-refractivity contribution in [3.05, 3.63) is 41.6 Å². The van der Waals surface area contributed by atoms with E-state index in [1.807, 2.05) is 6.07 Å². The van der Waals surface area contributed by atoms with Gasteiger partial charge < -0.3 is 15.7 Å². The zero-order chi connectivity index (χ0) is 21.9. The molecule has 6 heteroatoms. The maximum absolute atomic E-state index is 10.6. The number of nitrogens with two attached hydrogens (primary N) is 1. The van der Waals surface area contributed by atoms with Crippen molar-refractivity contribution in [1.82, 2.24) is 14.9 Å². The van der Waals surface area contributed by atoms with Crippen molar-refractivity contribution in [3.63, 3.8) is 0 Å². The maximum Gasteiger partial charge on any atom is 0.227 e. The molecule has 3 N–H and O–H groups in total. The number of fused-ring (bicyclic) bond motifs is 1. The second-order valence-corrected chi connectivity index (χ2v) is 11.9. The van der Waals surface area contributed by atoms with Gasteiger partial charge in [-0.05, 0) is 104 Å². The molecule has 6 atom stereocenters. The van der Waals surface area contributed by atoms with Gasteiger partial charge in [-0.25, -0.2) is 4.98 Å². The molecule has 4 aliphatic carbocycles. The van der Waals surface area contributed by atoms with Crippen LogP contribution in [-0.2, 0) is 11.8 Å². The lowest BCUT2D eigenvalue weighted by Gasteiger charge is -2.66. The Balaban J connectivity index is 1.28. The van der Waals surface area contributed by atoms with Crippen LogP contribution in [-0.4, -0.2) is 51.7 Å². The molecule has 33 heavy (non-hydrogen) atoms. The number of rotatable bonds is 3. The molecule has 3 saturated carbocycles. The molecule has 3 heterocycles. The van der Waals surface area contributed by atoms with Gasteiger partial charge >= 0.3 is 0 Å². The molecular weight excluding hydrogens is 410 g/mol. The second-order valence-electron chi connectivity index (χ2n) is 11.9. The first-order valence-electron chi connectivity index (χ1n) is 13.0. The summed E-state index contributed by atoms with van der Waals surface area (Å²) >= 11 is 0. The van der Waals surface area contributed by atoms with Gasteiger partial charge in [-0.3, -0.25) is 4.90 Å². The standard InChI is InChI=1S/C27H33N5O/c28-23-6-9-29-25(30-23)32-15-18-13-26-7-5-21(32)24(18)27(26)8-10-31(14-16-1-2-16)22(26)11-17-3-4-19(33)12-20(17)27/h3-4,6,9,12,16,18,21-22,24,33H,1-2,5,7-8,10-11,13-15H2,(H2,28,29,30)/t18-,21?,22-,24?,26-,27+/m1/s1. The summed E-state index contributed by atoms with van der Waals surface area (Å²) in [7, 11) is 0. The van der Waals surface area contributed by atoms with Gasteiger partial charge in [-0.1, -0.05) is 6.07 Å². The molecule has 4 bridgehead atoms. The fourth-order valence-corrected chi connectivity index (χ4v) is 9.67. The summed E-state index contributed by atoms with van der Waals surface area (Å²) in [5.41, 5.74) is 9.56. The molecular formula is C27H33N5O. The van der Waals surface area contributed by atoms with Crippen molar-refractivity contribution >= 4 is 11.8 Å². The highest BCUT2D eigenvalue weighted by Crippen LogP contribution is 2.75. The van der Waals surface area contributed by atoms with Crippen LogP contribution in [0, 0.1) is 23.2 Å². The number of anilines is 2. The maximum atomic E-state index is 10.6. The molecule has 172 valence electrons. The molecule has 2 unspecified atom stereocenters. The minimum Gasteiger partial charge on any atom is -0.508 e. The number of aromatic nitrogens is 2. The molecule has 0 amide bonds. The van der Waals surface area contributed by atoms with Crippen molar-refractivity contribution in [2.45, 2.75) is 62.4 Å². The van der Waals surface area contributed by atoms with Crippen molar-refractivity contribution in [2.24, 2.45) is 23.2 Å². The predicted molar refractivity (Wildman–Crippen MR) is 127 cm³/mol. The zero-order valence-corrected chi connectivity index (χ0v) is 19.2. The van der Waals surface area contributed by atoms with Crippen LogP contribution in [0.5, 0.6) is 5.75 Å². The monoisotopic (exact) mass is 443 g/mol. The van der Waals surface area contributed by atoms with E-state index in [1.54, 1.807) is 12.3 Å². The van der Waals surface area contributed by atoms with Crippen molar-refractivity contribution < 1.29 is 5.11 Å². The van der Waals surface area contributed by atoms with E-state index in [4.69, 9.17) is 5.73 Å². The number of hydrogen-bond acceptors (Lipinski definition) is 6. The Morgan fingerprint density at radius 3 is 2.91 bits per heavy atom. The molecule has 6 nitrogen and oxygen atoms in total. The number of piperidine rings is 1. The first kappa shape index (κ1) is 19.0. The van der Waals surface area contributed by atoms with E-state index < -0.39 is 0 Å². The summed E-state index contributed by atoms with van der Waals surface area (Å²) in [6.07, 6.45) is 10.9. The quantitative estimate of drug-likeness (QED) is 0.758. The molecule has 5 fully saturated rings. The van der Waals surface area contributed by atoms with Gasteiger partial charge in [0.25, 0.3) is 0 Å². The van der Waals surface area contributed by atoms with E-state index in [-0.39, 0.29) is 5.41 Å². The number of nitrogen functional groups attached to an aromatic ring is 1. The fourth-order valence-electron chi connectivity index (χ4n) is 9.67. The van der Waals surface area contributed by atoms with Crippen LogP contribution in [0.1, 0.15) is 49.7 Å². The predicted octanol–water partition coefficient (Wildman–Crippen LogP) is 3.35. The van der Waals surface area contributed by atoms with Gasteiger partial charge in [0.15, 0.2) is 0 Å². The lowest BCUT2D eigenvalue weighted by molar-refractivity contribution is -0.0921. The van der Waals surface area contributed by atoms with Crippen LogP contribution in [0.2, 0.25) is 0 Å². The summed E-state index contributed by atoms with van der Waals surface area (Å²) in [4.78, 5) is 14.7. The van der Waals surface area contributed by atoms with Crippen LogP contribution in [0.25, 0.3) is 0 Å². The molecule has 1 aromatic carbocycles. The highest BCUT2D eigenvalue weighted by atomic mass is 16.3. The zero-order valence-electron chi connectivity index (χ0n) is 19.2.